The highest BCUT2D eigenvalue weighted by atomic mass is 16.5. The molecule has 19 heavy (non-hydrogen) atoms. The van der Waals surface area contributed by atoms with E-state index in [2.05, 4.69) is 12.6 Å². The highest BCUT2D eigenvalue weighted by molar-refractivity contribution is 5.49. The second-order valence-corrected chi connectivity index (χ2v) is 4.17. The summed E-state index contributed by atoms with van der Waals surface area (Å²) in [5, 5.41) is 9.15. The second kappa shape index (κ2) is 6.42. The molecule has 2 nitrogen and oxygen atoms in total. The summed E-state index contributed by atoms with van der Waals surface area (Å²) >= 11 is 0. The lowest BCUT2D eigenvalue weighted by atomic mass is 10.1. The predicted octanol–water partition coefficient (Wildman–Crippen LogP) is 3.87. The van der Waals surface area contributed by atoms with Gasteiger partial charge in [0.2, 0.25) is 0 Å². The number of ether oxygens (including phenoxy) is 1. The molecule has 0 atom stereocenters. The second-order valence-electron chi connectivity index (χ2n) is 4.17. The van der Waals surface area contributed by atoms with Gasteiger partial charge in [-0.3, -0.25) is 0 Å². The largest absolute Gasteiger partial charge is 0.487 e. The maximum Gasteiger partial charge on any atom is 0.141 e. The van der Waals surface area contributed by atoms with E-state index in [1.165, 1.54) is 0 Å². The molecule has 94 valence electrons. The molecule has 2 aromatic carbocycles. The van der Waals surface area contributed by atoms with E-state index in [0.717, 1.165) is 11.1 Å². The Labute approximate surface area is 113 Å². The molecule has 0 radical (unpaired) electrons. The van der Waals surface area contributed by atoms with Gasteiger partial charge in [-0.15, -0.1) is 6.58 Å². The van der Waals surface area contributed by atoms with Crippen LogP contribution in [0.5, 0.6) is 5.75 Å². The van der Waals surface area contributed by atoms with E-state index < -0.39 is 0 Å². The van der Waals surface area contributed by atoms with Crippen molar-refractivity contribution in [1.29, 1.82) is 5.26 Å². The van der Waals surface area contributed by atoms with Crippen molar-refractivity contribution in [2.45, 2.75) is 13.0 Å². The van der Waals surface area contributed by atoms with E-state index in [-0.39, 0.29) is 0 Å². The minimum atomic E-state index is 0.462. The monoisotopic (exact) mass is 249 g/mol. The molecule has 0 aliphatic heterocycles. The Bertz CT molecular complexity index is 596. The maximum atomic E-state index is 9.15. The molecule has 0 N–H and O–H groups in total. The molecule has 2 aromatic rings. The summed E-state index contributed by atoms with van der Waals surface area (Å²) in [6.45, 7) is 4.19. The lowest BCUT2D eigenvalue weighted by Crippen LogP contribution is -2.00. The van der Waals surface area contributed by atoms with Crippen LogP contribution in [0.1, 0.15) is 16.7 Å². The SMILES string of the molecule is C=CCc1cccc(C#N)c1OCc1ccccc1. The lowest BCUT2D eigenvalue weighted by molar-refractivity contribution is 0.302. The molecule has 2 rings (SSSR count). The van der Waals surface area contributed by atoms with Gasteiger partial charge in [0, 0.05) is 0 Å². The summed E-state index contributed by atoms with van der Waals surface area (Å²) in [5.41, 5.74) is 2.64. The van der Waals surface area contributed by atoms with Gasteiger partial charge in [-0.2, -0.15) is 5.26 Å². The van der Waals surface area contributed by atoms with Gasteiger partial charge in [-0.05, 0) is 23.6 Å². The van der Waals surface area contributed by atoms with Crippen LogP contribution in [0.2, 0.25) is 0 Å². The molecule has 0 fully saturated rings. The van der Waals surface area contributed by atoms with Crippen LogP contribution in [0.15, 0.2) is 61.2 Å². The number of benzene rings is 2. The lowest BCUT2D eigenvalue weighted by Gasteiger charge is -2.12. The third kappa shape index (κ3) is 3.23. The van der Waals surface area contributed by atoms with Gasteiger partial charge in [0.15, 0.2) is 0 Å². The van der Waals surface area contributed by atoms with Gasteiger partial charge in [-0.1, -0.05) is 48.5 Å². The molecule has 2 heteroatoms. The van der Waals surface area contributed by atoms with E-state index in [9.17, 15) is 0 Å². The van der Waals surface area contributed by atoms with Gasteiger partial charge >= 0.3 is 0 Å². The van der Waals surface area contributed by atoms with Gasteiger partial charge < -0.3 is 4.74 Å². The van der Waals surface area contributed by atoms with Crippen molar-refractivity contribution >= 4 is 0 Å². The van der Waals surface area contributed by atoms with E-state index >= 15 is 0 Å². The summed E-state index contributed by atoms with van der Waals surface area (Å²) in [7, 11) is 0. The summed E-state index contributed by atoms with van der Waals surface area (Å²) in [4.78, 5) is 0. The van der Waals surface area contributed by atoms with Crippen LogP contribution in [0.4, 0.5) is 0 Å². The van der Waals surface area contributed by atoms with Crippen LogP contribution >= 0.6 is 0 Å². The van der Waals surface area contributed by atoms with Crippen LogP contribution < -0.4 is 4.74 Å². The van der Waals surface area contributed by atoms with Gasteiger partial charge in [0.05, 0.1) is 5.56 Å². The highest BCUT2D eigenvalue weighted by Gasteiger charge is 2.08. The number of allylic oxidation sites excluding steroid dienone is 1. The molecular weight excluding hydrogens is 234 g/mol. The van der Waals surface area contributed by atoms with Crippen molar-refractivity contribution in [2.24, 2.45) is 0 Å². The number of hydrogen-bond acceptors (Lipinski definition) is 2. The summed E-state index contributed by atoms with van der Waals surface area (Å²) in [6, 6.07) is 17.7. The van der Waals surface area contributed by atoms with E-state index in [0.29, 0.717) is 24.3 Å². The van der Waals surface area contributed by atoms with Crippen molar-refractivity contribution in [1.82, 2.24) is 0 Å². The van der Waals surface area contributed by atoms with Crippen molar-refractivity contribution in [3.05, 3.63) is 77.9 Å². The topological polar surface area (TPSA) is 33.0 Å². The molecule has 0 aromatic heterocycles. The summed E-state index contributed by atoms with van der Waals surface area (Å²) in [6.07, 6.45) is 2.51. The zero-order valence-corrected chi connectivity index (χ0v) is 10.7. The van der Waals surface area contributed by atoms with Crippen LogP contribution in [0.3, 0.4) is 0 Å². The first kappa shape index (κ1) is 12.9. The van der Waals surface area contributed by atoms with Crippen LogP contribution in [-0.4, -0.2) is 0 Å². The molecule has 0 spiro atoms. The Morgan fingerprint density at radius 1 is 1.11 bits per heavy atom. The number of hydrogen-bond donors (Lipinski definition) is 0. The van der Waals surface area contributed by atoms with E-state index in [4.69, 9.17) is 10.00 Å². The van der Waals surface area contributed by atoms with Crippen molar-refractivity contribution in [2.75, 3.05) is 0 Å². The molecule has 0 heterocycles. The molecule has 0 saturated heterocycles. The van der Waals surface area contributed by atoms with E-state index in [1.54, 1.807) is 6.07 Å². The minimum absolute atomic E-state index is 0.462. The van der Waals surface area contributed by atoms with E-state index in [1.807, 2.05) is 48.5 Å². The number of para-hydroxylation sites is 1. The fourth-order valence-electron chi connectivity index (χ4n) is 1.89. The molecule has 0 bridgehead atoms. The third-order valence-corrected chi connectivity index (χ3v) is 2.81. The fraction of sp³-hybridized carbons (Fsp3) is 0.118. The Balaban J connectivity index is 2.23. The van der Waals surface area contributed by atoms with Crippen molar-refractivity contribution in [3.63, 3.8) is 0 Å². The van der Waals surface area contributed by atoms with Crippen LogP contribution in [0.25, 0.3) is 0 Å². The Kier molecular flexibility index (Phi) is 4.36. The number of rotatable bonds is 5. The first-order valence-electron chi connectivity index (χ1n) is 6.14. The summed E-state index contributed by atoms with van der Waals surface area (Å²) < 4.78 is 5.83. The zero-order valence-electron chi connectivity index (χ0n) is 10.7. The quantitative estimate of drug-likeness (QED) is 0.754. The minimum Gasteiger partial charge on any atom is -0.487 e. The molecule has 0 amide bonds. The Hall–Kier alpha value is -2.53. The molecule has 0 saturated carbocycles. The fourth-order valence-corrected chi connectivity index (χ4v) is 1.89. The maximum absolute atomic E-state index is 9.15. The molecule has 0 aliphatic rings. The average molecular weight is 249 g/mol. The standard InChI is InChI=1S/C17H15NO/c1-2-7-15-10-6-11-16(12-18)17(15)19-13-14-8-4-3-5-9-14/h2-6,8-11H,1,7,13H2. The van der Waals surface area contributed by atoms with Crippen LogP contribution in [0, 0.1) is 11.3 Å². The first-order valence-corrected chi connectivity index (χ1v) is 6.14. The molecule has 0 unspecified atom stereocenters. The normalized spacial score (nSPS) is 9.63. The first-order chi connectivity index (χ1) is 9.35. The smallest absolute Gasteiger partial charge is 0.141 e. The summed E-state index contributed by atoms with van der Waals surface area (Å²) in [5.74, 6) is 0.661. The Morgan fingerprint density at radius 3 is 2.58 bits per heavy atom. The zero-order chi connectivity index (χ0) is 13.5. The third-order valence-electron chi connectivity index (χ3n) is 2.81. The molecule has 0 aliphatic carbocycles. The average Bonchev–Trinajstić information content (AvgIpc) is 2.47. The number of nitrogens with zero attached hydrogens (tertiary/aromatic N) is 1. The van der Waals surface area contributed by atoms with Gasteiger partial charge in [0.25, 0.3) is 0 Å². The number of nitriles is 1. The predicted molar refractivity (Wildman–Crippen MR) is 75.8 cm³/mol. The van der Waals surface area contributed by atoms with Crippen LogP contribution in [-0.2, 0) is 13.0 Å². The van der Waals surface area contributed by atoms with Crippen molar-refractivity contribution < 1.29 is 4.74 Å². The van der Waals surface area contributed by atoms with Gasteiger partial charge in [0.1, 0.15) is 18.4 Å². The van der Waals surface area contributed by atoms with Gasteiger partial charge in [-0.25, -0.2) is 0 Å². The Morgan fingerprint density at radius 2 is 1.89 bits per heavy atom. The highest BCUT2D eigenvalue weighted by Crippen LogP contribution is 2.25. The van der Waals surface area contributed by atoms with Crippen molar-refractivity contribution in [3.8, 4) is 11.8 Å². The molecular formula is C17H15NO.